The van der Waals surface area contributed by atoms with E-state index in [1.807, 2.05) is 32.0 Å². The molecule has 0 bridgehead atoms. The van der Waals surface area contributed by atoms with Crippen molar-refractivity contribution in [2.75, 3.05) is 32.8 Å². The number of sulfonamides is 1. The Kier molecular flexibility index (Phi) is 8.47. The number of H-pyrrole nitrogens is 1. The van der Waals surface area contributed by atoms with Crippen LogP contribution < -0.4 is 10.3 Å². The molecule has 0 saturated carbocycles. The number of aromatic nitrogens is 6. The second-order valence-electron chi connectivity index (χ2n) is 10.3. The molecule has 0 amide bonds. The first-order valence-electron chi connectivity index (χ1n) is 14.0. The number of rotatable bonds is 10. The van der Waals surface area contributed by atoms with Gasteiger partial charge in [-0.25, -0.2) is 18.4 Å². The minimum Gasteiger partial charge on any atom is -0.477 e. The molecule has 41 heavy (non-hydrogen) atoms. The smallest absolute Gasteiger partial charge is 0.279 e. The molecule has 0 spiro atoms. The van der Waals surface area contributed by atoms with Crippen LogP contribution in [-0.4, -0.2) is 86.2 Å². The lowest BCUT2D eigenvalue weighted by molar-refractivity contribution is 0.154. The predicted molar refractivity (Wildman–Crippen MR) is 155 cm³/mol. The molecule has 0 atom stereocenters. The molecule has 1 saturated heterocycles. The number of pyridine rings is 2. The van der Waals surface area contributed by atoms with E-state index in [4.69, 9.17) is 9.72 Å². The van der Waals surface area contributed by atoms with Crippen molar-refractivity contribution >= 4 is 21.1 Å². The fraction of sp³-hybridized carbons (Fsp3) is 0.464. The molecule has 0 aliphatic carbocycles. The Balaban J connectivity index is 1.58. The highest BCUT2D eigenvalue weighted by Gasteiger charge is 2.31. The molecule has 13 heteroatoms. The van der Waals surface area contributed by atoms with Gasteiger partial charge in [0.1, 0.15) is 16.2 Å². The van der Waals surface area contributed by atoms with Crippen LogP contribution in [0.5, 0.6) is 5.88 Å². The number of nitrogens with one attached hydrogen (secondary N) is 1. The summed E-state index contributed by atoms with van der Waals surface area (Å²) in [5, 5.41) is 4.57. The van der Waals surface area contributed by atoms with E-state index in [2.05, 4.69) is 38.8 Å². The van der Waals surface area contributed by atoms with Gasteiger partial charge in [-0.1, -0.05) is 19.4 Å². The predicted octanol–water partition coefficient (Wildman–Crippen LogP) is 2.69. The van der Waals surface area contributed by atoms with Crippen molar-refractivity contribution in [3.05, 3.63) is 58.4 Å². The number of nitrogens with zero attached hydrogens (tertiary/aromatic N) is 7. The van der Waals surface area contributed by atoms with Gasteiger partial charge in [-0.15, -0.1) is 0 Å². The second kappa shape index (κ2) is 12.0. The average molecular weight is 581 g/mol. The van der Waals surface area contributed by atoms with Crippen LogP contribution in [0.15, 0.2) is 46.3 Å². The van der Waals surface area contributed by atoms with Gasteiger partial charge in [0.15, 0.2) is 5.52 Å². The van der Waals surface area contributed by atoms with Crippen molar-refractivity contribution in [1.82, 2.24) is 38.9 Å². The number of piperazine rings is 1. The summed E-state index contributed by atoms with van der Waals surface area (Å²) in [6.07, 6.45) is 4.49. The topological polar surface area (TPSA) is 139 Å². The van der Waals surface area contributed by atoms with Gasteiger partial charge in [0.2, 0.25) is 15.9 Å². The first kappa shape index (κ1) is 28.8. The Morgan fingerprint density at radius 2 is 1.85 bits per heavy atom. The summed E-state index contributed by atoms with van der Waals surface area (Å²) in [7, 11) is -3.83. The quantitative estimate of drug-likeness (QED) is 0.300. The van der Waals surface area contributed by atoms with Crippen LogP contribution in [-0.2, 0) is 23.0 Å². The van der Waals surface area contributed by atoms with Crippen LogP contribution in [0.1, 0.15) is 45.5 Å². The van der Waals surface area contributed by atoms with E-state index in [1.54, 1.807) is 10.9 Å². The highest BCUT2D eigenvalue weighted by molar-refractivity contribution is 7.89. The molecule has 4 aromatic heterocycles. The molecular weight excluding hydrogens is 544 g/mol. The third kappa shape index (κ3) is 5.88. The van der Waals surface area contributed by atoms with Crippen LogP contribution in [0.4, 0.5) is 0 Å². The van der Waals surface area contributed by atoms with Gasteiger partial charge in [0.05, 0.1) is 36.3 Å². The zero-order valence-electron chi connectivity index (χ0n) is 23.9. The fourth-order valence-corrected chi connectivity index (χ4v) is 6.45. The van der Waals surface area contributed by atoms with Crippen LogP contribution in [0, 0.1) is 0 Å². The van der Waals surface area contributed by atoms with E-state index in [0.717, 1.165) is 17.8 Å². The van der Waals surface area contributed by atoms with E-state index < -0.39 is 15.6 Å². The van der Waals surface area contributed by atoms with Crippen molar-refractivity contribution in [2.45, 2.75) is 58.0 Å². The highest BCUT2D eigenvalue weighted by Crippen LogP contribution is 2.30. The zero-order chi connectivity index (χ0) is 29.1. The molecule has 218 valence electrons. The number of hydrogen-bond acceptors (Lipinski definition) is 9. The van der Waals surface area contributed by atoms with E-state index >= 15 is 0 Å². The number of hydrogen-bond donors (Lipinski definition) is 1. The summed E-state index contributed by atoms with van der Waals surface area (Å²) < 4.78 is 36.2. The van der Waals surface area contributed by atoms with Gasteiger partial charge in [0.25, 0.3) is 5.56 Å². The van der Waals surface area contributed by atoms with Crippen molar-refractivity contribution < 1.29 is 13.2 Å². The Labute approximate surface area is 239 Å². The molecule has 0 unspecified atom stereocenters. The summed E-state index contributed by atoms with van der Waals surface area (Å²) in [6, 6.07) is 7.49. The summed E-state index contributed by atoms with van der Waals surface area (Å²) >= 11 is 0. The van der Waals surface area contributed by atoms with Crippen LogP contribution in [0.2, 0.25) is 0 Å². The molecule has 5 heterocycles. The molecule has 1 aliphatic heterocycles. The van der Waals surface area contributed by atoms with Gasteiger partial charge in [0, 0.05) is 38.4 Å². The van der Waals surface area contributed by atoms with Crippen molar-refractivity contribution in [2.24, 2.45) is 0 Å². The standard InChI is InChI=1S/C28H36N8O4S/c1-5-9-23-24-25(33-36(23)18-20-10-7-8-11-29-20)27(37)32-26(31-24)22-16-21(17-30-28(22)40-6-2)41(38,39)35-14-12-34(13-15-35)19(3)4/h7-8,10-11,16-17,19H,5-6,9,12-15,18H2,1-4H3,(H,31,32,37). The molecule has 0 radical (unpaired) electrons. The zero-order valence-corrected chi connectivity index (χ0v) is 24.7. The van der Waals surface area contributed by atoms with Crippen molar-refractivity contribution in [1.29, 1.82) is 0 Å². The van der Waals surface area contributed by atoms with E-state index in [0.29, 0.717) is 62.9 Å². The summed E-state index contributed by atoms with van der Waals surface area (Å²) in [6.45, 7) is 10.8. The first-order chi connectivity index (χ1) is 19.7. The first-order valence-corrected chi connectivity index (χ1v) is 15.4. The van der Waals surface area contributed by atoms with Crippen molar-refractivity contribution in [3.8, 4) is 17.3 Å². The van der Waals surface area contributed by atoms with Gasteiger partial charge < -0.3 is 9.72 Å². The van der Waals surface area contributed by atoms with Gasteiger partial charge in [-0.05, 0) is 45.4 Å². The van der Waals surface area contributed by atoms with Gasteiger partial charge in [-0.2, -0.15) is 9.40 Å². The Hall–Kier alpha value is -3.68. The van der Waals surface area contributed by atoms with E-state index in [-0.39, 0.29) is 22.1 Å². The lowest BCUT2D eigenvalue weighted by atomic mass is 10.2. The third-order valence-electron chi connectivity index (χ3n) is 7.23. The highest BCUT2D eigenvalue weighted by atomic mass is 32.2. The van der Waals surface area contributed by atoms with E-state index in [9.17, 15) is 13.2 Å². The molecule has 5 rings (SSSR count). The number of fused-ring (bicyclic) bond motifs is 1. The number of aromatic amines is 1. The third-order valence-corrected chi connectivity index (χ3v) is 9.09. The van der Waals surface area contributed by atoms with Crippen LogP contribution in [0.3, 0.4) is 0 Å². The molecule has 1 fully saturated rings. The second-order valence-corrected chi connectivity index (χ2v) is 12.2. The number of aryl methyl sites for hydroxylation is 1. The Morgan fingerprint density at radius 3 is 2.51 bits per heavy atom. The maximum absolute atomic E-state index is 13.6. The van der Waals surface area contributed by atoms with E-state index in [1.165, 1.54) is 16.6 Å². The van der Waals surface area contributed by atoms with Crippen LogP contribution >= 0.6 is 0 Å². The molecule has 0 aromatic carbocycles. The minimum atomic E-state index is -3.83. The van der Waals surface area contributed by atoms with Gasteiger partial charge in [-0.3, -0.25) is 19.4 Å². The van der Waals surface area contributed by atoms with Gasteiger partial charge >= 0.3 is 0 Å². The maximum atomic E-state index is 13.6. The fourth-order valence-electron chi connectivity index (χ4n) is 5.06. The molecular formula is C28H36N8O4S. The summed E-state index contributed by atoms with van der Waals surface area (Å²) in [4.78, 5) is 31.9. The summed E-state index contributed by atoms with van der Waals surface area (Å²) in [5.41, 5.74) is 2.16. The Bertz CT molecular complexity index is 1680. The monoisotopic (exact) mass is 580 g/mol. The minimum absolute atomic E-state index is 0.0244. The largest absolute Gasteiger partial charge is 0.477 e. The lowest BCUT2D eigenvalue weighted by Gasteiger charge is -2.36. The molecule has 1 N–H and O–H groups in total. The normalized spacial score (nSPS) is 15.1. The molecule has 1 aliphatic rings. The Morgan fingerprint density at radius 1 is 1.07 bits per heavy atom. The molecule has 12 nitrogen and oxygen atoms in total. The van der Waals surface area contributed by atoms with Crippen LogP contribution in [0.25, 0.3) is 22.4 Å². The average Bonchev–Trinajstić information content (AvgIpc) is 3.31. The van der Waals surface area contributed by atoms with Crippen molar-refractivity contribution in [3.63, 3.8) is 0 Å². The molecule has 4 aromatic rings. The maximum Gasteiger partial charge on any atom is 0.279 e. The number of ether oxygens (including phenoxy) is 1. The SMILES string of the molecule is CCCc1c2nc(-c3cc(S(=O)(=O)N4CCN(C(C)C)CC4)cnc3OCC)[nH]c(=O)c2nn1Cc1ccccn1. The summed E-state index contributed by atoms with van der Waals surface area (Å²) in [5.74, 6) is 0.367. The lowest BCUT2D eigenvalue weighted by Crippen LogP contribution is -2.50.